The highest BCUT2D eigenvalue weighted by molar-refractivity contribution is 5.86. The number of carbonyl (C=O) groups is 2. The van der Waals surface area contributed by atoms with Crippen molar-refractivity contribution in [1.82, 2.24) is 0 Å². The number of hydrogen-bond acceptors (Lipinski definition) is 6. The number of unbranched alkanes of at least 4 members (excludes halogenated alkanes) is 14. The van der Waals surface area contributed by atoms with E-state index in [0.29, 0.717) is 6.42 Å². The molecular weight excluding hydrogens is 516 g/mol. The van der Waals surface area contributed by atoms with E-state index in [1.165, 1.54) is 77.0 Å². The van der Waals surface area contributed by atoms with Crippen LogP contribution in [0.1, 0.15) is 128 Å². The molecule has 0 aliphatic carbocycles. The van der Waals surface area contributed by atoms with Crippen LogP contribution in [0.3, 0.4) is 0 Å². The monoisotopic (exact) mass is 570 g/mol. The van der Waals surface area contributed by atoms with Crippen molar-refractivity contribution in [2.45, 2.75) is 129 Å². The first-order chi connectivity index (χ1) is 19.9. The van der Waals surface area contributed by atoms with Gasteiger partial charge in [0.1, 0.15) is 25.1 Å². The Morgan fingerprint density at radius 3 is 1.80 bits per heavy atom. The summed E-state index contributed by atoms with van der Waals surface area (Å²) in [6, 6.07) is 11.6. The van der Waals surface area contributed by atoms with Crippen molar-refractivity contribution < 1.29 is 28.9 Å². The lowest BCUT2D eigenvalue weighted by Gasteiger charge is -2.15. The van der Waals surface area contributed by atoms with E-state index >= 15 is 0 Å². The minimum absolute atomic E-state index is 0.170. The van der Waals surface area contributed by atoms with Gasteiger partial charge in [-0.3, -0.25) is 9.59 Å². The molecule has 0 aliphatic rings. The Kier molecular flexibility index (Phi) is 17.9. The molecule has 1 N–H and O–H groups in total. The summed E-state index contributed by atoms with van der Waals surface area (Å²) < 4.78 is 15.7. The van der Waals surface area contributed by atoms with Gasteiger partial charge in [-0.05, 0) is 41.8 Å². The first kappa shape index (κ1) is 34.6. The molecule has 0 spiro atoms. The van der Waals surface area contributed by atoms with Crippen LogP contribution in [0.5, 0.6) is 5.75 Å². The SMILES string of the molecule is CCCCCCCCCCCCCCCCCC(=O)OCC(O)COC(=O)C(C)c1ccc2cc(OC)ccc2c1. The van der Waals surface area contributed by atoms with Gasteiger partial charge in [0.25, 0.3) is 0 Å². The summed E-state index contributed by atoms with van der Waals surface area (Å²) in [6.07, 6.45) is 18.5. The summed E-state index contributed by atoms with van der Waals surface area (Å²) in [5, 5.41) is 12.2. The van der Waals surface area contributed by atoms with E-state index in [1.807, 2.05) is 36.4 Å². The zero-order valence-corrected chi connectivity index (χ0v) is 25.8. The van der Waals surface area contributed by atoms with Gasteiger partial charge in [-0.2, -0.15) is 0 Å². The van der Waals surface area contributed by atoms with Gasteiger partial charge in [-0.1, -0.05) is 121 Å². The summed E-state index contributed by atoms with van der Waals surface area (Å²) in [4.78, 5) is 24.5. The fourth-order valence-corrected chi connectivity index (χ4v) is 5.03. The smallest absolute Gasteiger partial charge is 0.313 e. The molecule has 2 aromatic carbocycles. The van der Waals surface area contributed by atoms with Crippen LogP contribution < -0.4 is 4.74 Å². The second-order valence-electron chi connectivity index (χ2n) is 11.4. The third-order valence-electron chi connectivity index (χ3n) is 7.76. The van der Waals surface area contributed by atoms with E-state index in [2.05, 4.69) is 6.92 Å². The predicted octanol–water partition coefficient (Wildman–Crippen LogP) is 8.66. The molecule has 2 atom stereocenters. The fourth-order valence-electron chi connectivity index (χ4n) is 5.03. The zero-order chi connectivity index (χ0) is 29.7. The molecule has 2 unspecified atom stereocenters. The van der Waals surface area contributed by atoms with Gasteiger partial charge in [-0.15, -0.1) is 0 Å². The molecule has 0 heterocycles. The summed E-state index contributed by atoms with van der Waals surface area (Å²) >= 11 is 0. The van der Waals surface area contributed by atoms with Crippen molar-refractivity contribution in [3.8, 4) is 5.75 Å². The van der Waals surface area contributed by atoms with Crippen molar-refractivity contribution in [3.63, 3.8) is 0 Å². The molecule has 0 radical (unpaired) electrons. The Balaban J connectivity index is 1.47. The average Bonchev–Trinajstić information content (AvgIpc) is 2.99. The molecule has 6 heteroatoms. The largest absolute Gasteiger partial charge is 0.497 e. The molecule has 6 nitrogen and oxygen atoms in total. The Morgan fingerprint density at radius 1 is 0.707 bits per heavy atom. The second kappa shape index (κ2) is 21.2. The number of aliphatic hydroxyl groups is 1. The van der Waals surface area contributed by atoms with Crippen molar-refractivity contribution in [2.24, 2.45) is 0 Å². The lowest BCUT2D eigenvalue weighted by molar-refractivity contribution is -0.153. The Morgan fingerprint density at radius 2 is 1.22 bits per heavy atom. The molecule has 0 saturated heterocycles. The first-order valence-electron chi connectivity index (χ1n) is 16.0. The summed E-state index contributed by atoms with van der Waals surface area (Å²) in [6.45, 7) is 3.66. The predicted molar refractivity (Wildman–Crippen MR) is 166 cm³/mol. The van der Waals surface area contributed by atoms with Gasteiger partial charge in [-0.25, -0.2) is 0 Å². The number of ether oxygens (including phenoxy) is 3. The average molecular weight is 571 g/mol. The maximum absolute atomic E-state index is 12.5. The van der Waals surface area contributed by atoms with Crippen LogP contribution in [-0.4, -0.2) is 43.5 Å². The third-order valence-corrected chi connectivity index (χ3v) is 7.76. The van der Waals surface area contributed by atoms with Gasteiger partial charge in [0.2, 0.25) is 0 Å². The van der Waals surface area contributed by atoms with Crippen LogP contribution in [-0.2, 0) is 19.1 Å². The molecule has 0 bridgehead atoms. The molecule has 2 rings (SSSR count). The topological polar surface area (TPSA) is 82.1 Å². The Labute approximate surface area is 248 Å². The highest BCUT2D eigenvalue weighted by Gasteiger charge is 2.19. The number of benzene rings is 2. The van der Waals surface area contributed by atoms with Gasteiger partial charge in [0.15, 0.2) is 0 Å². The molecule has 0 amide bonds. The van der Waals surface area contributed by atoms with E-state index in [-0.39, 0.29) is 19.2 Å². The lowest BCUT2D eigenvalue weighted by atomic mass is 9.98. The third kappa shape index (κ3) is 14.7. The number of carbonyl (C=O) groups excluding carboxylic acids is 2. The molecule has 41 heavy (non-hydrogen) atoms. The Hall–Kier alpha value is -2.60. The lowest BCUT2D eigenvalue weighted by Crippen LogP contribution is -2.26. The minimum atomic E-state index is -1.04. The van der Waals surface area contributed by atoms with E-state index in [0.717, 1.165) is 41.3 Å². The number of fused-ring (bicyclic) bond motifs is 1. The van der Waals surface area contributed by atoms with Gasteiger partial charge < -0.3 is 19.3 Å². The highest BCUT2D eigenvalue weighted by atomic mass is 16.6. The normalized spacial score (nSPS) is 12.7. The zero-order valence-electron chi connectivity index (χ0n) is 25.8. The van der Waals surface area contributed by atoms with Crippen LogP contribution in [0.4, 0.5) is 0 Å². The van der Waals surface area contributed by atoms with E-state index in [9.17, 15) is 14.7 Å². The maximum atomic E-state index is 12.5. The van der Waals surface area contributed by atoms with E-state index in [4.69, 9.17) is 14.2 Å². The second-order valence-corrected chi connectivity index (χ2v) is 11.4. The van der Waals surface area contributed by atoms with Crippen LogP contribution in [0.15, 0.2) is 36.4 Å². The summed E-state index contributed by atoms with van der Waals surface area (Å²) in [5.74, 6) is -0.448. The molecule has 0 saturated carbocycles. The van der Waals surface area contributed by atoms with Crippen molar-refractivity contribution in [3.05, 3.63) is 42.0 Å². The minimum Gasteiger partial charge on any atom is -0.497 e. The molecule has 230 valence electrons. The fraction of sp³-hybridized carbons (Fsp3) is 0.657. The molecule has 0 aromatic heterocycles. The molecule has 0 aliphatic heterocycles. The number of rotatable bonds is 23. The van der Waals surface area contributed by atoms with Crippen molar-refractivity contribution in [2.75, 3.05) is 20.3 Å². The standard InChI is InChI=1S/C35H54O6/c1-4-5-6-7-8-9-10-11-12-13-14-15-16-17-18-19-34(37)40-26-32(36)27-41-35(38)28(2)29-20-21-31-25-33(39-3)23-22-30(31)24-29/h20-25,28,32,36H,4-19,26-27H2,1-3H3. The molecular formula is C35H54O6. The van der Waals surface area contributed by atoms with E-state index < -0.39 is 18.0 Å². The quantitative estimate of drug-likeness (QED) is 0.106. The van der Waals surface area contributed by atoms with Gasteiger partial charge in [0, 0.05) is 6.42 Å². The van der Waals surface area contributed by atoms with Crippen LogP contribution in [0, 0.1) is 0 Å². The van der Waals surface area contributed by atoms with E-state index in [1.54, 1.807) is 14.0 Å². The number of methoxy groups -OCH3 is 1. The number of aliphatic hydroxyl groups excluding tert-OH is 1. The van der Waals surface area contributed by atoms with Gasteiger partial charge in [0.05, 0.1) is 13.0 Å². The van der Waals surface area contributed by atoms with Crippen LogP contribution >= 0.6 is 0 Å². The number of hydrogen-bond donors (Lipinski definition) is 1. The maximum Gasteiger partial charge on any atom is 0.313 e. The number of esters is 2. The van der Waals surface area contributed by atoms with Crippen molar-refractivity contribution >= 4 is 22.7 Å². The first-order valence-corrected chi connectivity index (χ1v) is 16.0. The molecule has 0 fully saturated rings. The van der Waals surface area contributed by atoms with Crippen LogP contribution in [0.2, 0.25) is 0 Å². The summed E-state index contributed by atoms with van der Waals surface area (Å²) in [5.41, 5.74) is 0.831. The van der Waals surface area contributed by atoms with Crippen molar-refractivity contribution in [1.29, 1.82) is 0 Å². The Bertz CT molecular complexity index is 1000. The summed E-state index contributed by atoms with van der Waals surface area (Å²) in [7, 11) is 1.63. The van der Waals surface area contributed by atoms with Gasteiger partial charge >= 0.3 is 11.9 Å². The highest BCUT2D eigenvalue weighted by Crippen LogP contribution is 2.26. The van der Waals surface area contributed by atoms with Crippen LogP contribution in [0.25, 0.3) is 10.8 Å². The molecule has 2 aromatic rings.